The van der Waals surface area contributed by atoms with E-state index in [1.807, 2.05) is 85.8 Å². The summed E-state index contributed by atoms with van der Waals surface area (Å²) >= 11 is 5.95. The molecule has 4 aromatic rings. The maximum atomic E-state index is 12.3. The average molecular weight is 505 g/mol. The summed E-state index contributed by atoms with van der Waals surface area (Å²) in [7, 11) is 1.40. The van der Waals surface area contributed by atoms with Crippen LogP contribution in [0.2, 0.25) is 5.02 Å². The fourth-order valence-corrected chi connectivity index (χ4v) is 3.94. The number of halogens is 1. The summed E-state index contributed by atoms with van der Waals surface area (Å²) in [5.74, 6) is 1.87. The van der Waals surface area contributed by atoms with Gasteiger partial charge in [0.2, 0.25) is 5.89 Å². The first kappa shape index (κ1) is 25.5. The molecule has 6 nitrogen and oxygen atoms in total. The van der Waals surface area contributed by atoms with Crippen molar-refractivity contribution in [3.8, 4) is 17.2 Å². The summed E-state index contributed by atoms with van der Waals surface area (Å²) in [6, 6.07) is 24.6. The van der Waals surface area contributed by atoms with Crippen molar-refractivity contribution in [2.75, 3.05) is 13.7 Å². The third kappa shape index (κ3) is 6.97. The van der Waals surface area contributed by atoms with Gasteiger partial charge < -0.3 is 19.2 Å². The molecule has 0 saturated carbocycles. The zero-order valence-electron chi connectivity index (χ0n) is 20.4. The van der Waals surface area contributed by atoms with E-state index < -0.39 is 6.04 Å². The summed E-state index contributed by atoms with van der Waals surface area (Å²) in [4.78, 5) is 16.9. The van der Waals surface area contributed by atoms with Gasteiger partial charge in [-0.1, -0.05) is 54.1 Å². The molecular weight excluding hydrogens is 476 g/mol. The predicted octanol–water partition coefficient (Wildman–Crippen LogP) is 5.80. The van der Waals surface area contributed by atoms with Crippen molar-refractivity contribution in [3.05, 3.63) is 106 Å². The minimum atomic E-state index is -0.466. The molecule has 1 heterocycles. The topological polar surface area (TPSA) is 73.6 Å². The van der Waals surface area contributed by atoms with Crippen molar-refractivity contribution in [1.82, 2.24) is 10.3 Å². The molecule has 1 atom stereocenters. The minimum absolute atomic E-state index is 0.304. The number of ether oxygens (including phenoxy) is 2. The number of hydrogen-bond acceptors (Lipinski definition) is 6. The molecule has 0 radical (unpaired) electrons. The Bertz CT molecular complexity index is 1250. The molecule has 7 heteroatoms. The number of nitrogens with one attached hydrogen (secondary N) is 1. The van der Waals surface area contributed by atoms with E-state index in [1.54, 1.807) is 0 Å². The van der Waals surface area contributed by atoms with Crippen molar-refractivity contribution in [2.24, 2.45) is 0 Å². The van der Waals surface area contributed by atoms with E-state index >= 15 is 0 Å². The smallest absolute Gasteiger partial charge is 0.323 e. The number of nitrogens with zero attached hydrogens (tertiary/aromatic N) is 1. The molecule has 1 N–H and O–H groups in total. The average Bonchev–Trinajstić information content (AvgIpc) is 3.28. The van der Waals surface area contributed by atoms with Crippen LogP contribution in [0.5, 0.6) is 5.75 Å². The number of esters is 1. The second-order valence-corrected chi connectivity index (χ2v) is 8.85. The Morgan fingerprint density at radius 1 is 1.00 bits per heavy atom. The van der Waals surface area contributed by atoms with Crippen LogP contribution in [-0.2, 0) is 28.9 Å². The molecule has 0 spiro atoms. The van der Waals surface area contributed by atoms with Gasteiger partial charge in [-0.15, -0.1) is 0 Å². The molecule has 0 fully saturated rings. The molecule has 0 bridgehead atoms. The number of rotatable bonds is 11. The molecule has 4 rings (SSSR count). The standard InChI is InChI=1S/C29H29ClN2O4/c1-20-26(32-28(36-20)23-6-4-3-5-7-23)16-17-35-25-14-10-21(11-15-25)18-27(29(33)34-2)31-19-22-8-12-24(30)13-9-22/h3-15,27,31H,16-19H2,1-2H3. The molecule has 0 aliphatic rings. The Morgan fingerprint density at radius 2 is 1.69 bits per heavy atom. The molecule has 0 aliphatic carbocycles. The second-order valence-electron chi connectivity index (χ2n) is 8.42. The number of carbonyl (C=O) groups excluding carboxylic acids is 1. The first-order valence-electron chi connectivity index (χ1n) is 11.8. The molecule has 0 aliphatic heterocycles. The van der Waals surface area contributed by atoms with Crippen molar-refractivity contribution in [2.45, 2.75) is 32.4 Å². The predicted molar refractivity (Wildman–Crippen MR) is 140 cm³/mol. The lowest BCUT2D eigenvalue weighted by Gasteiger charge is -2.17. The van der Waals surface area contributed by atoms with Gasteiger partial charge >= 0.3 is 5.97 Å². The van der Waals surface area contributed by atoms with Crippen LogP contribution in [0.15, 0.2) is 83.3 Å². The molecule has 1 unspecified atom stereocenters. The Labute approximate surface area is 216 Å². The SMILES string of the molecule is COC(=O)C(Cc1ccc(OCCc2nc(-c3ccccc3)oc2C)cc1)NCc1ccc(Cl)cc1. The minimum Gasteiger partial charge on any atom is -0.493 e. The Balaban J connectivity index is 1.29. The van der Waals surface area contributed by atoms with Crippen molar-refractivity contribution in [3.63, 3.8) is 0 Å². The molecule has 1 aromatic heterocycles. The molecule has 0 saturated heterocycles. The fraction of sp³-hybridized carbons (Fsp3) is 0.241. The van der Waals surface area contributed by atoms with Gasteiger partial charge in [-0.05, 0) is 60.9 Å². The number of oxazole rings is 1. The lowest BCUT2D eigenvalue weighted by atomic mass is 10.1. The first-order chi connectivity index (χ1) is 17.5. The highest BCUT2D eigenvalue weighted by atomic mass is 35.5. The third-order valence-corrected chi connectivity index (χ3v) is 6.09. The van der Waals surface area contributed by atoms with Gasteiger partial charge in [-0.2, -0.15) is 0 Å². The molecule has 186 valence electrons. The number of aryl methyl sites for hydroxylation is 1. The van der Waals surface area contributed by atoms with Gasteiger partial charge in [-0.25, -0.2) is 4.98 Å². The summed E-state index contributed by atoms with van der Waals surface area (Å²) in [6.07, 6.45) is 1.14. The number of methoxy groups -OCH3 is 1. The Morgan fingerprint density at radius 3 is 2.39 bits per heavy atom. The van der Waals surface area contributed by atoms with Gasteiger partial charge in [0.25, 0.3) is 0 Å². The Kier molecular flexibility index (Phi) is 8.76. The van der Waals surface area contributed by atoms with Crippen LogP contribution in [0.3, 0.4) is 0 Å². The monoisotopic (exact) mass is 504 g/mol. The highest BCUT2D eigenvalue weighted by Gasteiger charge is 2.19. The quantitative estimate of drug-likeness (QED) is 0.260. The highest BCUT2D eigenvalue weighted by molar-refractivity contribution is 6.30. The summed E-state index contributed by atoms with van der Waals surface area (Å²) in [5, 5.41) is 3.96. The van der Waals surface area contributed by atoms with Crippen molar-refractivity contribution < 1.29 is 18.7 Å². The van der Waals surface area contributed by atoms with Crippen molar-refractivity contribution >= 4 is 17.6 Å². The fourth-order valence-electron chi connectivity index (χ4n) is 3.81. The van der Waals surface area contributed by atoms with Crippen LogP contribution in [0.1, 0.15) is 22.6 Å². The van der Waals surface area contributed by atoms with Crippen LogP contribution >= 0.6 is 11.6 Å². The van der Waals surface area contributed by atoms with Gasteiger partial charge in [0.05, 0.1) is 19.4 Å². The second kappa shape index (κ2) is 12.4. The number of benzene rings is 3. The summed E-state index contributed by atoms with van der Waals surface area (Å²) < 4.78 is 16.7. The van der Waals surface area contributed by atoms with E-state index in [2.05, 4.69) is 10.3 Å². The van der Waals surface area contributed by atoms with Crippen LogP contribution in [0, 0.1) is 6.92 Å². The normalized spacial score (nSPS) is 11.8. The van der Waals surface area contributed by atoms with Crippen LogP contribution < -0.4 is 10.1 Å². The van der Waals surface area contributed by atoms with E-state index in [0.717, 1.165) is 33.9 Å². The van der Waals surface area contributed by atoms with Gasteiger partial charge in [0.1, 0.15) is 17.6 Å². The van der Waals surface area contributed by atoms with E-state index in [0.29, 0.717) is 36.9 Å². The molecule has 36 heavy (non-hydrogen) atoms. The van der Waals surface area contributed by atoms with E-state index in [9.17, 15) is 4.79 Å². The van der Waals surface area contributed by atoms with E-state index in [1.165, 1.54) is 7.11 Å². The maximum absolute atomic E-state index is 12.3. The molecule has 3 aromatic carbocycles. The zero-order chi connectivity index (χ0) is 25.3. The van der Waals surface area contributed by atoms with Crippen LogP contribution in [0.4, 0.5) is 0 Å². The molecule has 0 amide bonds. The van der Waals surface area contributed by atoms with E-state index in [4.69, 9.17) is 25.5 Å². The first-order valence-corrected chi connectivity index (χ1v) is 12.2. The lowest BCUT2D eigenvalue weighted by Crippen LogP contribution is -2.39. The summed E-state index contributed by atoms with van der Waals surface area (Å²) in [6.45, 7) is 2.93. The van der Waals surface area contributed by atoms with Gasteiger partial charge in [0.15, 0.2) is 0 Å². The van der Waals surface area contributed by atoms with Gasteiger partial charge in [-0.3, -0.25) is 4.79 Å². The summed E-state index contributed by atoms with van der Waals surface area (Å²) in [5.41, 5.74) is 3.88. The largest absolute Gasteiger partial charge is 0.493 e. The van der Waals surface area contributed by atoms with Crippen LogP contribution in [-0.4, -0.2) is 30.7 Å². The zero-order valence-corrected chi connectivity index (χ0v) is 21.1. The van der Waals surface area contributed by atoms with Gasteiger partial charge in [0, 0.05) is 23.6 Å². The van der Waals surface area contributed by atoms with E-state index in [-0.39, 0.29) is 5.97 Å². The molecular formula is C29H29ClN2O4. The maximum Gasteiger partial charge on any atom is 0.323 e. The lowest BCUT2D eigenvalue weighted by molar-refractivity contribution is -0.143. The number of carbonyl (C=O) groups is 1. The number of hydrogen-bond donors (Lipinski definition) is 1. The highest BCUT2D eigenvalue weighted by Crippen LogP contribution is 2.22. The Hall–Kier alpha value is -3.61. The van der Waals surface area contributed by atoms with Crippen LogP contribution in [0.25, 0.3) is 11.5 Å². The van der Waals surface area contributed by atoms with Crippen molar-refractivity contribution in [1.29, 1.82) is 0 Å². The number of aromatic nitrogens is 1. The third-order valence-electron chi connectivity index (χ3n) is 5.84.